The predicted octanol–water partition coefficient (Wildman–Crippen LogP) is 4.29. The van der Waals surface area contributed by atoms with E-state index in [2.05, 4.69) is 20.4 Å². The van der Waals surface area contributed by atoms with Gasteiger partial charge in [-0.2, -0.15) is 4.98 Å². The van der Waals surface area contributed by atoms with Crippen LogP contribution in [0.2, 0.25) is 0 Å². The highest BCUT2D eigenvalue weighted by molar-refractivity contribution is 5.92. The number of anilines is 1. The van der Waals surface area contributed by atoms with Crippen LogP contribution in [0.4, 0.5) is 5.69 Å². The van der Waals surface area contributed by atoms with Crippen molar-refractivity contribution in [2.45, 2.75) is 33.2 Å². The Kier molecular flexibility index (Phi) is 6.62. The van der Waals surface area contributed by atoms with Gasteiger partial charge >= 0.3 is 0 Å². The maximum atomic E-state index is 12.7. The molecule has 7 heteroatoms. The summed E-state index contributed by atoms with van der Waals surface area (Å²) in [6.45, 7) is 6.82. The number of ether oxygens (including phenoxy) is 1. The molecule has 0 aliphatic carbocycles. The Labute approximate surface area is 182 Å². The van der Waals surface area contributed by atoms with Gasteiger partial charge in [0.25, 0.3) is 0 Å². The van der Waals surface area contributed by atoms with E-state index in [0.29, 0.717) is 24.9 Å². The normalized spacial score (nSPS) is 15.0. The van der Waals surface area contributed by atoms with E-state index in [1.807, 2.05) is 62.4 Å². The van der Waals surface area contributed by atoms with Gasteiger partial charge in [-0.3, -0.25) is 9.69 Å². The number of carbonyl (C=O) groups is 1. The second kappa shape index (κ2) is 9.75. The first-order chi connectivity index (χ1) is 15.1. The molecule has 2 heterocycles. The van der Waals surface area contributed by atoms with Crippen molar-refractivity contribution in [3.05, 3.63) is 60.0 Å². The number of hydrogen-bond donors (Lipinski definition) is 1. The fourth-order valence-electron chi connectivity index (χ4n) is 3.84. The highest BCUT2D eigenvalue weighted by Crippen LogP contribution is 2.23. The maximum absolute atomic E-state index is 12.7. The van der Waals surface area contributed by atoms with Crippen LogP contribution in [0.25, 0.3) is 11.4 Å². The molecule has 162 valence electrons. The number of likely N-dealkylation sites (tertiary alicyclic amines) is 1. The molecule has 1 N–H and O–H groups in total. The van der Waals surface area contributed by atoms with Crippen molar-refractivity contribution in [3.63, 3.8) is 0 Å². The molecule has 1 aliphatic heterocycles. The zero-order chi connectivity index (χ0) is 21.6. The Morgan fingerprint density at radius 1 is 1.19 bits per heavy atom. The molecule has 31 heavy (non-hydrogen) atoms. The number of piperidine rings is 1. The number of carbonyl (C=O) groups excluding carboxylic acids is 1. The van der Waals surface area contributed by atoms with Crippen molar-refractivity contribution >= 4 is 11.6 Å². The predicted molar refractivity (Wildman–Crippen MR) is 119 cm³/mol. The molecule has 4 rings (SSSR count). The molecule has 0 unspecified atom stereocenters. The average molecular weight is 421 g/mol. The molecule has 0 spiro atoms. The summed E-state index contributed by atoms with van der Waals surface area (Å²) >= 11 is 0. The number of amides is 1. The zero-order valence-electron chi connectivity index (χ0n) is 18.0. The number of rotatable bonds is 7. The zero-order valence-corrected chi connectivity index (χ0v) is 18.0. The average Bonchev–Trinajstić information content (AvgIpc) is 3.23. The summed E-state index contributed by atoms with van der Waals surface area (Å²) in [7, 11) is 0. The van der Waals surface area contributed by atoms with Gasteiger partial charge in [0.1, 0.15) is 5.75 Å². The van der Waals surface area contributed by atoms with Crippen molar-refractivity contribution < 1.29 is 14.1 Å². The van der Waals surface area contributed by atoms with Gasteiger partial charge in [-0.15, -0.1) is 0 Å². The topological polar surface area (TPSA) is 80.5 Å². The number of hydrogen-bond acceptors (Lipinski definition) is 6. The largest absolute Gasteiger partial charge is 0.494 e. The van der Waals surface area contributed by atoms with E-state index in [9.17, 15) is 4.79 Å². The van der Waals surface area contributed by atoms with E-state index >= 15 is 0 Å². The fraction of sp³-hybridized carbons (Fsp3) is 0.375. The van der Waals surface area contributed by atoms with Gasteiger partial charge in [0.2, 0.25) is 17.6 Å². The molecule has 0 atom stereocenters. The molecule has 1 aromatic heterocycles. The summed E-state index contributed by atoms with van der Waals surface area (Å²) < 4.78 is 11.0. The summed E-state index contributed by atoms with van der Waals surface area (Å²) in [4.78, 5) is 19.5. The lowest BCUT2D eigenvalue weighted by Gasteiger charge is -2.30. The molecule has 1 aliphatic rings. The van der Waals surface area contributed by atoms with E-state index in [0.717, 1.165) is 48.5 Å². The molecular formula is C24H28N4O3. The molecule has 1 fully saturated rings. The van der Waals surface area contributed by atoms with E-state index in [4.69, 9.17) is 9.26 Å². The molecule has 0 saturated carbocycles. The summed E-state index contributed by atoms with van der Waals surface area (Å²) in [5, 5.41) is 7.14. The van der Waals surface area contributed by atoms with E-state index in [1.165, 1.54) is 0 Å². The minimum Gasteiger partial charge on any atom is -0.494 e. The summed E-state index contributed by atoms with van der Waals surface area (Å²) in [6.07, 6.45) is 1.60. The highest BCUT2D eigenvalue weighted by Gasteiger charge is 2.26. The number of aryl methyl sites for hydroxylation is 1. The van der Waals surface area contributed by atoms with Gasteiger partial charge in [-0.25, -0.2) is 0 Å². The van der Waals surface area contributed by atoms with Crippen molar-refractivity contribution in [1.82, 2.24) is 15.0 Å². The Hall–Kier alpha value is -3.19. The summed E-state index contributed by atoms with van der Waals surface area (Å²) in [6, 6.07) is 15.6. The third-order valence-corrected chi connectivity index (χ3v) is 5.47. The second-order valence-corrected chi connectivity index (χ2v) is 7.88. The smallest absolute Gasteiger partial charge is 0.241 e. The lowest BCUT2D eigenvalue weighted by molar-refractivity contribution is -0.121. The Bertz CT molecular complexity index is 1020. The lowest BCUT2D eigenvalue weighted by Crippen LogP contribution is -2.37. The van der Waals surface area contributed by atoms with Crippen LogP contribution in [-0.2, 0) is 11.3 Å². The maximum Gasteiger partial charge on any atom is 0.241 e. The molecule has 1 saturated heterocycles. The number of aromatic nitrogens is 2. The minimum atomic E-state index is -0.00228. The van der Waals surface area contributed by atoms with E-state index in [1.54, 1.807) is 0 Å². The van der Waals surface area contributed by atoms with Crippen LogP contribution in [0.5, 0.6) is 5.75 Å². The van der Waals surface area contributed by atoms with E-state index in [-0.39, 0.29) is 11.8 Å². The van der Waals surface area contributed by atoms with Crippen LogP contribution in [0.1, 0.15) is 31.2 Å². The third kappa shape index (κ3) is 5.49. The number of nitrogens with one attached hydrogen (secondary N) is 1. The Morgan fingerprint density at radius 2 is 2.00 bits per heavy atom. The number of benzene rings is 2. The van der Waals surface area contributed by atoms with Crippen LogP contribution in [0, 0.1) is 12.8 Å². The first kappa shape index (κ1) is 21.1. The Morgan fingerprint density at radius 3 is 2.77 bits per heavy atom. The van der Waals surface area contributed by atoms with Gasteiger partial charge < -0.3 is 14.6 Å². The molecule has 3 aromatic rings. The van der Waals surface area contributed by atoms with Gasteiger partial charge in [-0.1, -0.05) is 35.0 Å². The Balaban J connectivity index is 1.28. The second-order valence-electron chi connectivity index (χ2n) is 7.88. The van der Waals surface area contributed by atoms with Gasteiger partial charge in [0.05, 0.1) is 13.2 Å². The molecular weight excluding hydrogens is 392 g/mol. The molecule has 0 radical (unpaired) electrons. The molecule has 1 amide bonds. The summed E-state index contributed by atoms with van der Waals surface area (Å²) in [5.74, 6) is 2.04. The van der Waals surface area contributed by atoms with E-state index < -0.39 is 0 Å². The fourth-order valence-corrected chi connectivity index (χ4v) is 3.84. The van der Waals surface area contributed by atoms with Gasteiger partial charge in [-0.05, 0) is 58.0 Å². The quantitative estimate of drug-likeness (QED) is 0.614. The van der Waals surface area contributed by atoms with Crippen LogP contribution in [0.3, 0.4) is 0 Å². The molecule has 7 nitrogen and oxygen atoms in total. The third-order valence-electron chi connectivity index (χ3n) is 5.47. The van der Waals surface area contributed by atoms with Crippen LogP contribution in [0.15, 0.2) is 53.1 Å². The van der Waals surface area contributed by atoms with Crippen molar-refractivity contribution in [2.75, 3.05) is 25.0 Å². The van der Waals surface area contributed by atoms with Gasteiger partial charge in [0, 0.05) is 23.2 Å². The van der Waals surface area contributed by atoms with Crippen LogP contribution in [-0.4, -0.2) is 40.6 Å². The number of nitrogens with zero attached hydrogens (tertiary/aromatic N) is 3. The molecule has 0 bridgehead atoms. The van der Waals surface area contributed by atoms with Crippen molar-refractivity contribution in [1.29, 1.82) is 0 Å². The standard InChI is InChI=1S/C24H28N4O3/c1-3-30-21-9-5-8-20(15-21)25-24(29)18-10-12-28(13-11-18)16-22-26-23(27-31-22)19-7-4-6-17(2)14-19/h4-9,14-15,18H,3,10-13,16H2,1-2H3,(H,25,29). The lowest BCUT2D eigenvalue weighted by atomic mass is 9.96. The van der Waals surface area contributed by atoms with Crippen LogP contribution >= 0.6 is 0 Å². The van der Waals surface area contributed by atoms with Crippen LogP contribution < -0.4 is 10.1 Å². The van der Waals surface area contributed by atoms with Crippen molar-refractivity contribution in [3.8, 4) is 17.1 Å². The van der Waals surface area contributed by atoms with Gasteiger partial charge in [0.15, 0.2) is 0 Å². The monoisotopic (exact) mass is 420 g/mol. The summed E-state index contributed by atoms with van der Waals surface area (Å²) in [5.41, 5.74) is 2.89. The first-order valence-corrected chi connectivity index (χ1v) is 10.8. The highest BCUT2D eigenvalue weighted by atomic mass is 16.5. The molecule has 2 aromatic carbocycles. The first-order valence-electron chi connectivity index (χ1n) is 10.8. The van der Waals surface area contributed by atoms with Crippen molar-refractivity contribution in [2.24, 2.45) is 5.92 Å². The SMILES string of the molecule is CCOc1cccc(NC(=O)C2CCN(Cc3nc(-c4cccc(C)c4)no3)CC2)c1. The minimum absolute atomic E-state index is 0.00228.